The molecule has 0 saturated heterocycles. The summed E-state index contributed by atoms with van der Waals surface area (Å²) in [6, 6.07) is 0. The SMILES string of the molecule is C=O.O=C1C=CC(=O)C=C1. The van der Waals surface area contributed by atoms with Crippen LogP contribution in [0.4, 0.5) is 0 Å². The first-order valence-corrected chi connectivity index (χ1v) is 2.52. The van der Waals surface area contributed by atoms with Crippen molar-refractivity contribution in [2.45, 2.75) is 0 Å². The van der Waals surface area contributed by atoms with Gasteiger partial charge in [0.25, 0.3) is 0 Å². The Bertz CT molecular complexity index is 163. The first-order chi connectivity index (χ1) is 4.79. The molecule has 0 spiro atoms. The lowest BCUT2D eigenvalue weighted by Gasteiger charge is -1.87. The number of ketones is 2. The van der Waals surface area contributed by atoms with Crippen molar-refractivity contribution >= 4 is 18.4 Å². The number of allylic oxidation sites excluding steroid dienone is 4. The molecule has 0 atom stereocenters. The Morgan fingerprint density at radius 1 is 0.800 bits per heavy atom. The van der Waals surface area contributed by atoms with E-state index in [1.54, 1.807) is 0 Å². The first kappa shape index (κ1) is 8.49. The molecule has 3 heteroatoms. The van der Waals surface area contributed by atoms with Crippen LogP contribution in [0.5, 0.6) is 0 Å². The molecule has 0 aromatic rings. The molecule has 0 aromatic heterocycles. The second-order valence-corrected chi connectivity index (χ2v) is 1.47. The lowest BCUT2D eigenvalue weighted by Crippen LogP contribution is -1.97. The molecule has 0 amide bonds. The standard InChI is InChI=1S/C6H4O2.CH2O/c7-5-1-2-6(8)4-3-5;1-2/h1-4H;1H2. The molecular formula is C7H6O3. The zero-order valence-electron chi connectivity index (χ0n) is 5.24. The van der Waals surface area contributed by atoms with E-state index in [9.17, 15) is 9.59 Å². The van der Waals surface area contributed by atoms with Crippen LogP contribution in [0.1, 0.15) is 0 Å². The smallest absolute Gasteiger partial charge is 0.178 e. The molecule has 0 saturated carbocycles. The fourth-order valence-corrected chi connectivity index (χ4v) is 0.440. The van der Waals surface area contributed by atoms with E-state index in [-0.39, 0.29) is 11.6 Å². The molecule has 0 radical (unpaired) electrons. The summed E-state index contributed by atoms with van der Waals surface area (Å²) in [7, 11) is 0. The third-order valence-corrected chi connectivity index (χ3v) is 0.824. The van der Waals surface area contributed by atoms with E-state index >= 15 is 0 Å². The number of hydrogen-bond donors (Lipinski definition) is 0. The molecule has 0 aromatic carbocycles. The average molecular weight is 138 g/mol. The Hall–Kier alpha value is -1.51. The highest BCUT2D eigenvalue weighted by molar-refractivity contribution is 6.14. The van der Waals surface area contributed by atoms with E-state index in [0.717, 1.165) is 0 Å². The van der Waals surface area contributed by atoms with Crippen LogP contribution < -0.4 is 0 Å². The third kappa shape index (κ3) is 2.71. The largest absolute Gasteiger partial charge is 0.307 e. The summed E-state index contributed by atoms with van der Waals surface area (Å²) in [4.78, 5) is 28.6. The summed E-state index contributed by atoms with van der Waals surface area (Å²) in [6.07, 6.45) is 5.01. The van der Waals surface area contributed by atoms with Crippen LogP contribution in [0, 0.1) is 0 Å². The topological polar surface area (TPSA) is 51.2 Å². The normalized spacial score (nSPS) is 14.4. The van der Waals surface area contributed by atoms with Gasteiger partial charge in [0.05, 0.1) is 0 Å². The van der Waals surface area contributed by atoms with Gasteiger partial charge >= 0.3 is 0 Å². The van der Waals surface area contributed by atoms with Crippen LogP contribution in [-0.2, 0) is 14.4 Å². The highest BCUT2D eigenvalue weighted by atomic mass is 16.1. The zero-order valence-corrected chi connectivity index (χ0v) is 5.24. The van der Waals surface area contributed by atoms with Crippen molar-refractivity contribution in [3.8, 4) is 0 Å². The molecule has 3 nitrogen and oxygen atoms in total. The van der Waals surface area contributed by atoms with Crippen LogP contribution in [0.25, 0.3) is 0 Å². The summed E-state index contributed by atoms with van der Waals surface area (Å²) < 4.78 is 0. The van der Waals surface area contributed by atoms with Crippen molar-refractivity contribution in [1.29, 1.82) is 0 Å². The van der Waals surface area contributed by atoms with Gasteiger partial charge in [-0.1, -0.05) is 0 Å². The predicted octanol–water partition coefficient (Wildman–Crippen LogP) is 0.0657. The van der Waals surface area contributed by atoms with Crippen LogP contribution >= 0.6 is 0 Å². The number of carbonyl (C=O) groups excluding carboxylic acids is 3. The van der Waals surface area contributed by atoms with Crippen molar-refractivity contribution in [2.75, 3.05) is 0 Å². The van der Waals surface area contributed by atoms with Gasteiger partial charge in [0.2, 0.25) is 0 Å². The molecular weight excluding hydrogens is 132 g/mol. The van der Waals surface area contributed by atoms with Gasteiger partial charge in [-0.25, -0.2) is 0 Å². The maximum atomic E-state index is 10.3. The van der Waals surface area contributed by atoms with Crippen LogP contribution in [0.2, 0.25) is 0 Å². The lowest BCUT2D eigenvalue weighted by molar-refractivity contribution is -0.113. The monoisotopic (exact) mass is 138 g/mol. The van der Waals surface area contributed by atoms with E-state index in [4.69, 9.17) is 4.79 Å². The van der Waals surface area contributed by atoms with Crippen molar-refractivity contribution in [2.24, 2.45) is 0 Å². The van der Waals surface area contributed by atoms with E-state index < -0.39 is 0 Å². The van der Waals surface area contributed by atoms with Crippen molar-refractivity contribution in [3.05, 3.63) is 24.3 Å². The number of rotatable bonds is 0. The highest BCUT2D eigenvalue weighted by Crippen LogP contribution is 1.90. The maximum Gasteiger partial charge on any atom is 0.178 e. The van der Waals surface area contributed by atoms with Crippen LogP contribution in [0.15, 0.2) is 24.3 Å². The number of hydrogen-bond acceptors (Lipinski definition) is 3. The zero-order chi connectivity index (χ0) is 7.98. The molecule has 1 aliphatic rings. The van der Waals surface area contributed by atoms with Crippen molar-refractivity contribution in [1.82, 2.24) is 0 Å². The fraction of sp³-hybridized carbons (Fsp3) is 0. The molecule has 0 fully saturated rings. The van der Waals surface area contributed by atoms with E-state index in [2.05, 4.69) is 0 Å². The molecule has 0 aliphatic heterocycles. The van der Waals surface area contributed by atoms with E-state index in [0.29, 0.717) is 0 Å². The Morgan fingerprint density at radius 2 is 1.00 bits per heavy atom. The maximum absolute atomic E-state index is 10.3. The molecule has 52 valence electrons. The van der Waals surface area contributed by atoms with Crippen molar-refractivity contribution in [3.63, 3.8) is 0 Å². The quantitative estimate of drug-likeness (QED) is 0.445. The van der Waals surface area contributed by atoms with Gasteiger partial charge in [-0.15, -0.1) is 0 Å². The van der Waals surface area contributed by atoms with Gasteiger partial charge in [-0.3, -0.25) is 9.59 Å². The number of carbonyl (C=O) groups is 3. The minimum Gasteiger partial charge on any atom is -0.307 e. The fourth-order valence-electron chi connectivity index (χ4n) is 0.440. The summed E-state index contributed by atoms with van der Waals surface area (Å²) in [5.41, 5.74) is 0. The predicted molar refractivity (Wildman–Crippen MR) is 35.4 cm³/mol. The molecule has 1 rings (SSSR count). The summed E-state index contributed by atoms with van der Waals surface area (Å²) >= 11 is 0. The minimum atomic E-state index is -0.121. The van der Waals surface area contributed by atoms with Gasteiger partial charge in [0.15, 0.2) is 11.6 Å². The summed E-state index contributed by atoms with van der Waals surface area (Å²) in [5.74, 6) is -0.241. The Balaban J connectivity index is 0.000000371. The van der Waals surface area contributed by atoms with E-state index in [1.165, 1.54) is 24.3 Å². The minimum absolute atomic E-state index is 0.121. The van der Waals surface area contributed by atoms with Crippen molar-refractivity contribution < 1.29 is 14.4 Å². The van der Waals surface area contributed by atoms with Gasteiger partial charge in [0, 0.05) is 0 Å². The van der Waals surface area contributed by atoms with Gasteiger partial charge < -0.3 is 4.79 Å². The molecule has 0 bridgehead atoms. The Kier molecular flexibility index (Phi) is 3.72. The first-order valence-electron chi connectivity index (χ1n) is 2.52. The molecule has 10 heavy (non-hydrogen) atoms. The average Bonchev–Trinajstić information content (AvgIpc) is 2.00. The molecule has 0 N–H and O–H groups in total. The Labute approximate surface area is 58.0 Å². The van der Waals surface area contributed by atoms with Gasteiger partial charge in [0.1, 0.15) is 6.79 Å². The molecule has 0 heterocycles. The molecule has 1 aliphatic carbocycles. The second-order valence-electron chi connectivity index (χ2n) is 1.47. The second kappa shape index (κ2) is 4.38. The van der Waals surface area contributed by atoms with E-state index in [1.807, 2.05) is 6.79 Å². The lowest BCUT2D eigenvalue weighted by atomic mass is 10.2. The third-order valence-electron chi connectivity index (χ3n) is 0.824. The van der Waals surface area contributed by atoms with Gasteiger partial charge in [-0.05, 0) is 24.3 Å². The Morgan fingerprint density at radius 3 is 1.20 bits per heavy atom. The van der Waals surface area contributed by atoms with Gasteiger partial charge in [-0.2, -0.15) is 0 Å². The highest BCUT2D eigenvalue weighted by Gasteiger charge is 1.97. The summed E-state index contributed by atoms with van der Waals surface area (Å²) in [5, 5.41) is 0. The van der Waals surface area contributed by atoms with Crippen LogP contribution in [-0.4, -0.2) is 18.4 Å². The van der Waals surface area contributed by atoms with Crippen LogP contribution in [0.3, 0.4) is 0 Å². The summed E-state index contributed by atoms with van der Waals surface area (Å²) in [6.45, 7) is 2.00. The molecule has 0 unspecified atom stereocenters.